The normalized spacial score (nSPS) is 19.4. The van der Waals surface area contributed by atoms with E-state index in [1.165, 1.54) is 4.90 Å². The molecular weight excluding hydrogens is 286 g/mol. The van der Waals surface area contributed by atoms with E-state index in [4.69, 9.17) is 5.73 Å². The molecule has 1 fully saturated rings. The molecule has 1 saturated carbocycles. The fourth-order valence-electron chi connectivity index (χ4n) is 1.72. The van der Waals surface area contributed by atoms with Crippen molar-refractivity contribution in [1.82, 2.24) is 0 Å². The highest BCUT2D eigenvalue weighted by molar-refractivity contribution is 9.10. The largest absolute Gasteiger partial charge is 0.394 e. The molecule has 0 spiro atoms. The molecule has 0 saturated heterocycles. The fourth-order valence-corrected chi connectivity index (χ4v) is 3.48. The number of halogens is 1. The van der Waals surface area contributed by atoms with Gasteiger partial charge in [0.2, 0.25) is 0 Å². The number of aliphatic hydroxyl groups is 1. The van der Waals surface area contributed by atoms with E-state index in [9.17, 15) is 5.11 Å². The van der Waals surface area contributed by atoms with Crippen LogP contribution in [0.4, 0.5) is 0 Å². The van der Waals surface area contributed by atoms with Gasteiger partial charge in [-0.1, -0.05) is 12.1 Å². The second-order valence-corrected chi connectivity index (χ2v) is 6.26. The predicted molar refractivity (Wildman–Crippen MR) is 71.6 cm³/mol. The summed E-state index contributed by atoms with van der Waals surface area (Å²) in [4.78, 5) is 1.19. The lowest BCUT2D eigenvalue weighted by Gasteiger charge is -2.26. The van der Waals surface area contributed by atoms with Gasteiger partial charge >= 0.3 is 0 Å². The molecule has 2 rings (SSSR count). The Morgan fingerprint density at radius 3 is 2.69 bits per heavy atom. The summed E-state index contributed by atoms with van der Waals surface area (Å²) in [5, 5.41) is 9.39. The van der Waals surface area contributed by atoms with E-state index in [2.05, 4.69) is 22.0 Å². The van der Waals surface area contributed by atoms with Crippen LogP contribution in [0, 0.1) is 5.92 Å². The lowest BCUT2D eigenvalue weighted by molar-refractivity contribution is 0.194. The molecule has 0 heterocycles. The van der Waals surface area contributed by atoms with Crippen molar-refractivity contribution in [2.75, 3.05) is 12.4 Å². The molecule has 1 aromatic rings. The minimum Gasteiger partial charge on any atom is -0.394 e. The van der Waals surface area contributed by atoms with Crippen LogP contribution in [0.1, 0.15) is 12.8 Å². The van der Waals surface area contributed by atoms with Crippen molar-refractivity contribution in [2.45, 2.75) is 23.3 Å². The van der Waals surface area contributed by atoms with Crippen LogP contribution in [-0.4, -0.2) is 23.0 Å². The van der Waals surface area contributed by atoms with Gasteiger partial charge in [-0.05, 0) is 46.8 Å². The van der Waals surface area contributed by atoms with Crippen LogP contribution in [0.3, 0.4) is 0 Å². The summed E-state index contributed by atoms with van der Waals surface area (Å²) in [5.74, 6) is 1.28. The second kappa shape index (κ2) is 5.08. The van der Waals surface area contributed by atoms with Crippen molar-refractivity contribution < 1.29 is 5.11 Å². The molecule has 2 nitrogen and oxygen atoms in total. The van der Waals surface area contributed by atoms with Crippen LogP contribution in [-0.2, 0) is 0 Å². The molecule has 1 unspecified atom stereocenters. The van der Waals surface area contributed by atoms with E-state index < -0.39 is 5.54 Å². The molecule has 0 amide bonds. The summed E-state index contributed by atoms with van der Waals surface area (Å²) < 4.78 is 1.09. The summed E-state index contributed by atoms with van der Waals surface area (Å²) in [5.41, 5.74) is 5.81. The molecule has 0 aromatic heterocycles. The van der Waals surface area contributed by atoms with Gasteiger partial charge in [-0.3, -0.25) is 0 Å². The third kappa shape index (κ3) is 2.80. The molecule has 1 atom stereocenters. The van der Waals surface area contributed by atoms with E-state index in [0.29, 0.717) is 5.92 Å². The first kappa shape index (κ1) is 12.4. The van der Waals surface area contributed by atoms with Gasteiger partial charge in [-0.15, -0.1) is 11.8 Å². The summed E-state index contributed by atoms with van der Waals surface area (Å²) in [7, 11) is 0. The van der Waals surface area contributed by atoms with Crippen LogP contribution in [0.25, 0.3) is 0 Å². The highest BCUT2D eigenvalue weighted by Gasteiger charge is 2.41. The SMILES string of the molecule is NC(CO)(CSc1ccccc1Br)C1CC1. The first-order chi connectivity index (χ1) is 7.65. The predicted octanol–water partition coefficient (Wildman–Crippen LogP) is 2.64. The third-order valence-corrected chi connectivity index (χ3v) is 5.32. The number of aliphatic hydroxyl groups excluding tert-OH is 1. The molecule has 88 valence electrons. The summed E-state index contributed by atoms with van der Waals surface area (Å²) in [6, 6.07) is 8.11. The molecule has 4 heteroatoms. The van der Waals surface area contributed by atoms with Gasteiger partial charge in [-0.2, -0.15) is 0 Å². The summed E-state index contributed by atoms with van der Waals surface area (Å²) in [6.07, 6.45) is 2.32. The number of thioether (sulfide) groups is 1. The number of rotatable bonds is 5. The molecule has 0 aliphatic heterocycles. The Balaban J connectivity index is 1.98. The zero-order valence-electron chi connectivity index (χ0n) is 9.03. The molecule has 0 bridgehead atoms. The lowest BCUT2D eigenvalue weighted by atomic mass is 9.99. The van der Waals surface area contributed by atoms with Crippen molar-refractivity contribution in [1.29, 1.82) is 0 Å². The smallest absolute Gasteiger partial charge is 0.0622 e. The average molecular weight is 302 g/mol. The maximum Gasteiger partial charge on any atom is 0.0622 e. The minimum absolute atomic E-state index is 0.0785. The maximum absolute atomic E-state index is 9.39. The first-order valence-corrected chi connectivity index (χ1v) is 7.20. The van der Waals surface area contributed by atoms with Gasteiger partial charge in [0.1, 0.15) is 0 Å². The van der Waals surface area contributed by atoms with E-state index in [0.717, 1.165) is 23.1 Å². The number of hydrogen-bond donors (Lipinski definition) is 2. The summed E-state index contributed by atoms with van der Waals surface area (Å²) in [6.45, 7) is 0.0785. The molecule has 0 radical (unpaired) electrons. The Labute approximate surface area is 109 Å². The minimum atomic E-state index is -0.403. The second-order valence-electron chi connectivity index (χ2n) is 4.38. The van der Waals surface area contributed by atoms with Crippen LogP contribution < -0.4 is 5.73 Å². The molecule has 1 aromatic carbocycles. The third-order valence-electron chi connectivity index (χ3n) is 3.02. The van der Waals surface area contributed by atoms with E-state index >= 15 is 0 Å². The van der Waals surface area contributed by atoms with Crippen LogP contribution in [0.15, 0.2) is 33.6 Å². The highest BCUT2D eigenvalue weighted by Crippen LogP contribution is 2.41. The molecule has 16 heavy (non-hydrogen) atoms. The van der Waals surface area contributed by atoms with Crippen molar-refractivity contribution in [2.24, 2.45) is 11.7 Å². The Bertz CT molecular complexity index is 370. The van der Waals surface area contributed by atoms with E-state index in [-0.39, 0.29) is 6.61 Å². The van der Waals surface area contributed by atoms with Gasteiger partial charge in [0.05, 0.1) is 12.1 Å². The standard InChI is InChI=1S/C12H16BrNOS/c13-10-3-1-2-4-11(10)16-8-12(14,7-15)9-5-6-9/h1-4,9,15H,5-8,14H2. The van der Waals surface area contributed by atoms with Crippen molar-refractivity contribution >= 4 is 27.7 Å². The van der Waals surface area contributed by atoms with Crippen molar-refractivity contribution in [3.05, 3.63) is 28.7 Å². The summed E-state index contributed by atoms with van der Waals surface area (Å²) >= 11 is 5.23. The Morgan fingerprint density at radius 2 is 2.12 bits per heavy atom. The average Bonchev–Trinajstić information content (AvgIpc) is 3.12. The first-order valence-electron chi connectivity index (χ1n) is 5.43. The maximum atomic E-state index is 9.39. The van der Waals surface area contributed by atoms with E-state index in [1.807, 2.05) is 18.2 Å². The van der Waals surface area contributed by atoms with Gasteiger partial charge in [0.25, 0.3) is 0 Å². The zero-order valence-corrected chi connectivity index (χ0v) is 11.4. The number of hydrogen-bond acceptors (Lipinski definition) is 3. The van der Waals surface area contributed by atoms with Crippen LogP contribution >= 0.6 is 27.7 Å². The van der Waals surface area contributed by atoms with Gasteiger partial charge < -0.3 is 10.8 Å². The monoisotopic (exact) mass is 301 g/mol. The van der Waals surface area contributed by atoms with Crippen molar-refractivity contribution in [3.63, 3.8) is 0 Å². The quantitative estimate of drug-likeness (QED) is 0.822. The Kier molecular flexibility index (Phi) is 3.95. The highest BCUT2D eigenvalue weighted by atomic mass is 79.9. The topological polar surface area (TPSA) is 46.2 Å². The Morgan fingerprint density at radius 1 is 1.44 bits per heavy atom. The lowest BCUT2D eigenvalue weighted by Crippen LogP contribution is -2.48. The van der Waals surface area contributed by atoms with Crippen molar-refractivity contribution in [3.8, 4) is 0 Å². The fraction of sp³-hybridized carbons (Fsp3) is 0.500. The van der Waals surface area contributed by atoms with Gasteiger partial charge in [-0.25, -0.2) is 0 Å². The molecular formula is C12H16BrNOS. The van der Waals surface area contributed by atoms with Crippen LogP contribution in [0.5, 0.6) is 0 Å². The zero-order chi connectivity index (χ0) is 11.6. The molecule has 3 N–H and O–H groups in total. The van der Waals surface area contributed by atoms with Gasteiger partial charge in [0, 0.05) is 15.1 Å². The number of nitrogens with two attached hydrogens (primary N) is 1. The molecule has 1 aliphatic carbocycles. The molecule has 1 aliphatic rings. The van der Waals surface area contributed by atoms with Gasteiger partial charge in [0.15, 0.2) is 0 Å². The van der Waals surface area contributed by atoms with Crippen LogP contribution in [0.2, 0.25) is 0 Å². The Hall–Kier alpha value is -0.0300. The number of benzene rings is 1. The van der Waals surface area contributed by atoms with E-state index in [1.54, 1.807) is 11.8 Å².